The molecule has 0 radical (unpaired) electrons. The third-order valence-corrected chi connectivity index (χ3v) is 3.25. The fourth-order valence-corrected chi connectivity index (χ4v) is 2.18. The third-order valence-electron chi connectivity index (χ3n) is 2.47. The summed E-state index contributed by atoms with van der Waals surface area (Å²) in [6.07, 6.45) is -4.09. The number of halogens is 4. The van der Waals surface area contributed by atoms with Gasteiger partial charge in [0.2, 0.25) is 5.82 Å². The summed E-state index contributed by atoms with van der Waals surface area (Å²) in [6, 6.07) is 6.76. The van der Waals surface area contributed by atoms with Crippen LogP contribution in [0.1, 0.15) is 5.82 Å². The summed E-state index contributed by atoms with van der Waals surface area (Å²) < 4.78 is 75.0. The van der Waals surface area contributed by atoms with Crippen molar-refractivity contribution in [3.05, 3.63) is 36.2 Å². The van der Waals surface area contributed by atoms with E-state index in [1.54, 1.807) is 0 Å². The zero-order valence-electron chi connectivity index (χ0n) is 10.1. The SMILES string of the molecule is NS(=O)(=O)c1nnc(C(F)(F)C(F)F)n1-c1ccccc1. The molecule has 0 bridgehead atoms. The van der Waals surface area contributed by atoms with Gasteiger partial charge in [0.05, 0.1) is 0 Å². The van der Waals surface area contributed by atoms with E-state index in [9.17, 15) is 26.0 Å². The maximum Gasteiger partial charge on any atom is 0.366 e. The molecular weight excluding hydrogens is 316 g/mol. The van der Waals surface area contributed by atoms with Gasteiger partial charge in [0.15, 0.2) is 0 Å². The molecule has 11 heteroatoms. The van der Waals surface area contributed by atoms with E-state index in [2.05, 4.69) is 10.2 Å². The number of hydrogen-bond donors (Lipinski definition) is 1. The van der Waals surface area contributed by atoms with Crippen LogP contribution < -0.4 is 5.14 Å². The van der Waals surface area contributed by atoms with Crippen LogP contribution in [-0.2, 0) is 15.9 Å². The number of alkyl halides is 4. The minimum absolute atomic E-state index is 0.137. The molecule has 1 aromatic heterocycles. The van der Waals surface area contributed by atoms with E-state index < -0.39 is 33.4 Å². The molecule has 2 N–H and O–H groups in total. The van der Waals surface area contributed by atoms with Gasteiger partial charge in [-0.15, -0.1) is 10.2 Å². The Kier molecular flexibility index (Phi) is 3.72. The number of sulfonamides is 1. The molecule has 0 aliphatic heterocycles. The van der Waals surface area contributed by atoms with Crippen LogP contribution in [0, 0.1) is 0 Å². The van der Waals surface area contributed by atoms with Crippen LogP contribution in [0.2, 0.25) is 0 Å². The topological polar surface area (TPSA) is 90.9 Å². The van der Waals surface area contributed by atoms with Gasteiger partial charge in [0, 0.05) is 5.69 Å². The highest BCUT2D eigenvalue weighted by Gasteiger charge is 2.49. The summed E-state index contributed by atoms with van der Waals surface area (Å²) >= 11 is 0. The van der Waals surface area contributed by atoms with Gasteiger partial charge in [-0.25, -0.2) is 22.3 Å². The van der Waals surface area contributed by atoms with Crippen molar-refractivity contribution < 1.29 is 26.0 Å². The van der Waals surface area contributed by atoms with E-state index >= 15 is 0 Å². The molecule has 0 unspecified atom stereocenters. The molecule has 0 spiro atoms. The van der Waals surface area contributed by atoms with Crippen LogP contribution in [0.3, 0.4) is 0 Å². The molecule has 2 aromatic rings. The number of hydrogen-bond acceptors (Lipinski definition) is 4. The fourth-order valence-electron chi connectivity index (χ4n) is 1.58. The molecule has 0 atom stereocenters. The summed E-state index contributed by atoms with van der Waals surface area (Å²) in [5.41, 5.74) is -0.137. The molecule has 0 fully saturated rings. The Balaban J connectivity index is 2.79. The van der Waals surface area contributed by atoms with Gasteiger partial charge in [-0.2, -0.15) is 8.78 Å². The molecule has 1 aromatic carbocycles. The molecule has 0 amide bonds. The quantitative estimate of drug-likeness (QED) is 0.858. The highest BCUT2D eigenvalue weighted by atomic mass is 32.2. The van der Waals surface area contributed by atoms with E-state index in [-0.39, 0.29) is 5.69 Å². The smallest absolute Gasteiger partial charge is 0.263 e. The highest BCUT2D eigenvalue weighted by molar-refractivity contribution is 7.89. The van der Waals surface area contributed by atoms with Gasteiger partial charge in [-0.3, -0.25) is 4.57 Å². The van der Waals surface area contributed by atoms with Crippen molar-refractivity contribution in [2.45, 2.75) is 17.5 Å². The summed E-state index contributed by atoms with van der Waals surface area (Å²) in [5, 5.41) is 9.67. The first-order valence-electron chi connectivity index (χ1n) is 5.35. The highest BCUT2D eigenvalue weighted by Crippen LogP contribution is 2.35. The van der Waals surface area contributed by atoms with Crippen molar-refractivity contribution >= 4 is 10.0 Å². The van der Waals surface area contributed by atoms with Crippen molar-refractivity contribution in [3.8, 4) is 5.69 Å². The first-order chi connectivity index (χ1) is 9.65. The van der Waals surface area contributed by atoms with Crippen LogP contribution in [0.25, 0.3) is 5.69 Å². The van der Waals surface area contributed by atoms with Crippen LogP contribution in [-0.4, -0.2) is 29.6 Å². The summed E-state index contributed by atoms with van der Waals surface area (Å²) in [5.74, 6) is -6.20. The minimum Gasteiger partial charge on any atom is -0.263 e. The Bertz CT molecular complexity index is 746. The maximum absolute atomic E-state index is 13.5. The molecular formula is C10H8F4N4O2S. The first-order valence-corrected chi connectivity index (χ1v) is 6.90. The normalized spacial score (nSPS) is 12.9. The Morgan fingerprint density at radius 2 is 1.71 bits per heavy atom. The van der Waals surface area contributed by atoms with Crippen molar-refractivity contribution in [2.75, 3.05) is 0 Å². The second-order valence-corrected chi connectivity index (χ2v) is 5.40. The van der Waals surface area contributed by atoms with Gasteiger partial charge in [0.1, 0.15) is 0 Å². The number of aromatic nitrogens is 3. The summed E-state index contributed by atoms with van der Waals surface area (Å²) in [4.78, 5) is 0. The van der Waals surface area contributed by atoms with Crippen LogP contribution in [0.5, 0.6) is 0 Å². The largest absolute Gasteiger partial charge is 0.366 e. The van der Waals surface area contributed by atoms with Crippen molar-refractivity contribution in [3.63, 3.8) is 0 Å². The van der Waals surface area contributed by atoms with Crippen molar-refractivity contribution in [1.82, 2.24) is 14.8 Å². The van der Waals surface area contributed by atoms with E-state index in [1.807, 2.05) is 0 Å². The van der Waals surface area contributed by atoms with Gasteiger partial charge in [-0.05, 0) is 12.1 Å². The molecule has 0 saturated heterocycles. The van der Waals surface area contributed by atoms with E-state index in [0.717, 1.165) is 0 Å². The number of primary sulfonamides is 1. The molecule has 0 aliphatic rings. The Labute approximate surface area is 116 Å². The molecule has 21 heavy (non-hydrogen) atoms. The third kappa shape index (κ3) is 2.74. The van der Waals surface area contributed by atoms with Crippen molar-refractivity contribution in [1.29, 1.82) is 0 Å². The average molecular weight is 324 g/mol. The summed E-state index contributed by atoms with van der Waals surface area (Å²) in [7, 11) is -4.54. The lowest BCUT2D eigenvalue weighted by Crippen LogP contribution is -2.29. The zero-order chi connectivity index (χ0) is 15.8. The molecule has 0 saturated carbocycles. The zero-order valence-corrected chi connectivity index (χ0v) is 10.9. The number of nitrogens with zero attached hydrogens (tertiary/aromatic N) is 3. The second-order valence-electron chi connectivity index (χ2n) is 3.95. The predicted octanol–water partition coefficient (Wildman–Crippen LogP) is 1.27. The first kappa shape index (κ1) is 15.4. The Morgan fingerprint density at radius 3 is 2.19 bits per heavy atom. The number of para-hydroxylation sites is 1. The fraction of sp³-hybridized carbons (Fsp3) is 0.200. The number of nitrogens with two attached hydrogens (primary N) is 1. The van der Waals surface area contributed by atoms with Crippen molar-refractivity contribution in [2.24, 2.45) is 5.14 Å². The van der Waals surface area contributed by atoms with Gasteiger partial charge in [-0.1, -0.05) is 18.2 Å². The standard InChI is InChI=1S/C10H8F4N4O2S/c11-7(12)10(13,14)8-16-17-9(21(15,19)20)18(8)6-4-2-1-3-5-6/h1-5,7H,(H2,15,19,20). The van der Waals surface area contributed by atoms with Crippen LogP contribution in [0.4, 0.5) is 17.6 Å². The lowest BCUT2D eigenvalue weighted by molar-refractivity contribution is -0.142. The van der Waals surface area contributed by atoms with E-state index in [0.29, 0.717) is 4.57 Å². The number of rotatable bonds is 4. The Hall–Kier alpha value is -2.01. The molecule has 1 heterocycles. The van der Waals surface area contributed by atoms with Gasteiger partial charge in [0.25, 0.3) is 15.2 Å². The van der Waals surface area contributed by atoms with Crippen LogP contribution >= 0.6 is 0 Å². The molecule has 114 valence electrons. The minimum atomic E-state index is -4.69. The average Bonchev–Trinajstić information content (AvgIpc) is 2.84. The Morgan fingerprint density at radius 1 is 1.14 bits per heavy atom. The van der Waals surface area contributed by atoms with Crippen LogP contribution in [0.15, 0.2) is 35.5 Å². The summed E-state index contributed by atoms with van der Waals surface area (Å²) in [6.45, 7) is 0. The predicted molar refractivity (Wildman–Crippen MR) is 62.6 cm³/mol. The monoisotopic (exact) mass is 324 g/mol. The second kappa shape index (κ2) is 5.07. The van der Waals surface area contributed by atoms with E-state index in [4.69, 9.17) is 5.14 Å². The number of benzene rings is 1. The lowest BCUT2D eigenvalue weighted by Gasteiger charge is -2.16. The van der Waals surface area contributed by atoms with Gasteiger partial charge >= 0.3 is 12.3 Å². The van der Waals surface area contributed by atoms with E-state index in [1.165, 1.54) is 30.3 Å². The lowest BCUT2D eigenvalue weighted by atomic mass is 10.3. The molecule has 0 aliphatic carbocycles. The molecule has 2 rings (SSSR count). The maximum atomic E-state index is 13.5. The van der Waals surface area contributed by atoms with Gasteiger partial charge < -0.3 is 0 Å². The molecule has 6 nitrogen and oxygen atoms in total.